The van der Waals surface area contributed by atoms with Crippen molar-refractivity contribution in [1.29, 1.82) is 0 Å². The Morgan fingerprint density at radius 1 is 0.792 bits per heavy atom. The molecule has 4 amide bonds. The van der Waals surface area contributed by atoms with Crippen molar-refractivity contribution < 1.29 is 29.4 Å². The lowest BCUT2D eigenvalue weighted by Gasteiger charge is -2.22. The molecule has 1 saturated carbocycles. The summed E-state index contributed by atoms with van der Waals surface area (Å²) in [6.07, 6.45) is -0.409. The van der Waals surface area contributed by atoms with Crippen LogP contribution < -0.4 is 22.3 Å². The molecule has 12 nitrogen and oxygen atoms in total. The van der Waals surface area contributed by atoms with Crippen molar-refractivity contribution >= 4 is 35.4 Å². The highest BCUT2D eigenvalue weighted by atomic mass is 16.4. The number of carbonyl (C=O) groups excluding carboxylic acids is 2. The van der Waals surface area contributed by atoms with Crippen molar-refractivity contribution in [1.82, 2.24) is 10.9 Å². The molecule has 0 bridgehead atoms. The van der Waals surface area contributed by atoms with Crippen molar-refractivity contribution in [3.05, 3.63) is 0 Å². The molecule has 0 spiro atoms. The number of carboxylic acids is 2. The van der Waals surface area contributed by atoms with E-state index in [1.54, 1.807) is 0 Å². The van der Waals surface area contributed by atoms with Crippen LogP contribution in [-0.2, 0) is 9.59 Å². The monoisotopic (exact) mass is 342 g/mol. The molecule has 24 heavy (non-hydrogen) atoms. The van der Waals surface area contributed by atoms with Gasteiger partial charge in [-0.2, -0.15) is 10.2 Å². The van der Waals surface area contributed by atoms with Crippen molar-refractivity contribution in [2.24, 2.45) is 33.5 Å². The number of nitrogens with one attached hydrogen (secondary N) is 2. The maximum atomic E-state index is 11.4. The fourth-order valence-corrected chi connectivity index (χ4v) is 2.25. The second-order valence-electron chi connectivity index (χ2n) is 5.19. The number of amides is 4. The van der Waals surface area contributed by atoms with E-state index >= 15 is 0 Å². The number of primary amides is 2. The summed E-state index contributed by atoms with van der Waals surface area (Å²) in [5.41, 5.74) is 14.1. The zero-order valence-corrected chi connectivity index (χ0v) is 12.6. The quantitative estimate of drug-likeness (QED) is 0.353. The van der Waals surface area contributed by atoms with E-state index < -0.39 is 35.8 Å². The van der Waals surface area contributed by atoms with E-state index in [4.69, 9.17) is 11.5 Å². The number of rotatable bonds is 4. The number of hydrazone groups is 2. The molecule has 132 valence electrons. The van der Waals surface area contributed by atoms with E-state index in [1.165, 1.54) is 0 Å². The number of aliphatic carboxylic acids is 2. The molecular weight excluding hydrogens is 324 g/mol. The smallest absolute Gasteiger partial charge is 0.332 e. The molecule has 8 N–H and O–H groups in total. The summed E-state index contributed by atoms with van der Waals surface area (Å²) in [5, 5.41) is 25.9. The van der Waals surface area contributed by atoms with E-state index in [1.807, 2.05) is 10.9 Å². The van der Waals surface area contributed by atoms with Crippen molar-refractivity contribution in [2.45, 2.75) is 25.7 Å². The van der Waals surface area contributed by atoms with Gasteiger partial charge in [0.05, 0.1) is 11.8 Å². The number of nitrogens with zero attached hydrogens (tertiary/aromatic N) is 2. The average molecular weight is 342 g/mol. The Labute approximate surface area is 135 Å². The Bertz CT molecular complexity index is 533. The molecular formula is C12H18N6O6. The summed E-state index contributed by atoms with van der Waals surface area (Å²) < 4.78 is 0. The van der Waals surface area contributed by atoms with Crippen LogP contribution in [-0.4, -0.2) is 45.6 Å². The normalized spacial score (nSPS) is 21.0. The molecule has 0 saturated heterocycles. The minimum atomic E-state index is -1.15. The van der Waals surface area contributed by atoms with Crippen molar-refractivity contribution in [2.75, 3.05) is 0 Å². The second-order valence-corrected chi connectivity index (χ2v) is 5.19. The Kier molecular flexibility index (Phi) is 6.64. The number of urea groups is 2. The second kappa shape index (κ2) is 8.45. The van der Waals surface area contributed by atoms with Crippen LogP contribution in [0.5, 0.6) is 0 Å². The van der Waals surface area contributed by atoms with Gasteiger partial charge in [-0.05, 0) is 0 Å². The topological polar surface area (TPSA) is 210 Å². The molecule has 0 aromatic heterocycles. The van der Waals surface area contributed by atoms with Crippen LogP contribution >= 0.6 is 0 Å². The van der Waals surface area contributed by atoms with Crippen LogP contribution in [0.2, 0.25) is 0 Å². The highest BCUT2D eigenvalue weighted by Crippen LogP contribution is 2.24. The Morgan fingerprint density at radius 3 is 1.29 bits per heavy atom. The maximum Gasteiger partial charge on any atom is 0.332 e. The maximum absolute atomic E-state index is 11.4. The van der Waals surface area contributed by atoms with Gasteiger partial charge in [0.1, 0.15) is 0 Å². The first kappa shape index (κ1) is 18.9. The van der Waals surface area contributed by atoms with Crippen LogP contribution in [0, 0.1) is 11.8 Å². The highest BCUT2D eigenvalue weighted by molar-refractivity contribution is 5.98. The first-order valence-electron chi connectivity index (χ1n) is 6.86. The lowest BCUT2D eigenvalue weighted by atomic mass is 9.83. The molecule has 1 fully saturated rings. The van der Waals surface area contributed by atoms with E-state index in [9.17, 15) is 29.4 Å². The molecule has 0 unspecified atom stereocenters. The first-order chi connectivity index (χ1) is 11.2. The molecule has 0 aromatic rings. The van der Waals surface area contributed by atoms with Crippen molar-refractivity contribution in [3.8, 4) is 0 Å². The zero-order chi connectivity index (χ0) is 18.3. The van der Waals surface area contributed by atoms with Crippen LogP contribution in [0.1, 0.15) is 25.7 Å². The van der Waals surface area contributed by atoms with Crippen LogP contribution in [0.25, 0.3) is 0 Å². The van der Waals surface area contributed by atoms with Gasteiger partial charge in [0.2, 0.25) is 0 Å². The molecule has 0 aliphatic heterocycles. The van der Waals surface area contributed by atoms with Crippen LogP contribution in [0.4, 0.5) is 9.59 Å². The van der Waals surface area contributed by atoms with Gasteiger partial charge in [-0.25, -0.2) is 20.4 Å². The van der Waals surface area contributed by atoms with Gasteiger partial charge in [-0.3, -0.25) is 9.59 Å². The third-order valence-corrected chi connectivity index (χ3v) is 3.27. The SMILES string of the molecule is NC(=O)NN=C1CC(C(=O)O)CC(=NNC(N)=O)CC(C(=O)O)C1. The number of carbonyl (C=O) groups is 4. The Hall–Kier alpha value is -3.18. The van der Waals surface area contributed by atoms with Gasteiger partial charge in [-0.15, -0.1) is 0 Å². The van der Waals surface area contributed by atoms with Crippen molar-refractivity contribution in [3.63, 3.8) is 0 Å². The van der Waals surface area contributed by atoms with Gasteiger partial charge >= 0.3 is 24.0 Å². The molecule has 0 atom stereocenters. The lowest BCUT2D eigenvalue weighted by molar-refractivity contribution is -0.141. The number of hydrogen-bond acceptors (Lipinski definition) is 6. The standard InChI is InChI=1S/C12H18N6O6/c13-11(23)17-15-7-1-5(9(19)20)2-8(16-18-12(14)24)4-6(3-7)10(21)22/h5-6H,1-4H2,(H,19,20)(H,21,22)(H3,13,17,23)(H3,14,18,24). The predicted molar refractivity (Wildman–Crippen MR) is 81.0 cm³/mol. The Morgan fingerprint density at radius 2 is 1.08 bits per heavy atom. The molecule has 0 radical (unpaired) electrons. The largest absolute Gasteiger partial charge is 0.481 e. The van der Waals surface area contributed by atoms with Gasteiger partial charge < -0.3 is 21.7 Å². The lowest BCUT2D eigenvalue weighted by Crippen LogP contribution is -2.34. The van der Waals surface area contributed by atoms with E-state index in [0.29, 0.717) is 0 Å². The zero-order valence-electron chi connectivity index (χ0n) is 12.6. The van der Waals surface area contributed by atoms with E-state index in [0.717, 1.165) is 0 Å². The third kappa shape index (κ3) is 6.29. The summed E-state index contributed by atoms with van der Waals surface area (Å²) in [5.74, 6) is -4.21. The minimum Gasteiger partial charge on any atom is -0.481 e. The third-order valence-electron chi connectivity index (χ3n) is 3.27. The summed E-state index contributed by atoms with van der Waals surface area (Å²) >= 11 is 0. The van der Waals surface area contributed by atoms with Crippen LogP contribution in [0.15, 0.2) is 10.2 Å². The molecule has 1 aliphatic carbocycles. The van der Waals surface area contributed by atoms with Gasteiger partial charge in [0.25, 0.3) is 0 Å². The molecule has 12 heteroatoms. The van der Waals surface area contributed by atoms with E-state index in [2.05, 4.69) is 10.2 Å². The molecule has 0 aromatic carbocycles. The summed E-state index contributed by atoms with van der Waals surface area (Å²) in [6.45, 7) is 0. The van der Waals surface area contributed by atoms with Crippen LogP contribution in [0.3, 0.4) is 0 Å². The number of nitrogens with two attached hydrogens (primary N) is 2. The fourth-order valence-electron chi connectivity index (χ4n) is 2.25. The van der Waals surface area contributed by atoms with Gasteiger partial charge in [0, 0.05) is 37.1 Å². The minimum absolute atomic E-state index is 0.102. The Balaban J connectivity index is 3.09. The number of carboxylic acid groups (broad SMARTS) is 2. The summed E-state index contributed by atoms with van der Waals surface area (Å²) in [4.78, 5) is 44.2. The average Bonchev–Trinajstić information content (AvgIpc) is 2.44. The first-order valence-corrected chi connectivity index (χ1v) is 6.86. The highest BCUT2D eigenvalue weighted by Gasteiger charge is 2.31. The number of hydrogen-bond donors (Lipinski definition) is 6. The van der Waals surface area contributed by atoms with E-state index in [-0.39, 0.29) is 37.1 Å². The predicted octanol–water partition coefficient (Wildman–Crippen LogP) is -0.989. The summed E-state index contributed by atoms with van der Waals surface area (Å²) in [6, 6.07) is -1.90. The molecule has 1 aliphatic rings. The molecule has 0 heterocycles. The van der Waals surface area contributed by atoms with Gasteiger partial charge in [-0.1, -0.05) is 0 Å². The summed E-state index contributed by atoms with van der Waals surface area (Å²) in [7, 11) is 0. The fraction of sp³-hybridized carbons (Fsp3) is 0.500. The van der Waals surface area contributed by atoms with Gasteiger partial charge in [0.15, 0.2) is 0 Å². The molecule has 1 rings (SSSR count).